The quantitative estimate of drug-likeness (QED) is 0.630. The summed E-state index contributed by atoms with van der Waals surface area (Å²) in [5.41, 5.74) is 1.12. The molecule has 1 fully saturated rings. The van der Waals surface area contributed by atoms with E-state index in [0.717, 1.165) is 25.7 Å². The number of anilines is 2. The highest BCUT2D eigenvalue weighted by Gasteiger charge is 2.31. The monoisotopic (exact) mass is 485 g/mol. The Hall–Kier alpha value is -3.24. The maximum Gasteiger partial charge on any atom is 0.265 e. The van der Waals surface area contributed by atoms with Crippen LogP contribution in [0.4, 0.5) is 11.4 Å². The number of sulfonamides is 1. The topological polar surface area (TPSA) is 113 Å². The van der Waals surface area contributed by atoms with E-state index in [2.05, 4.69) is 5.32 Å². The molecule has 2 heterocycles. The minimum absolute atomic E-state index is 0.0611. The SMILES string of the molecule is CC(=O)c1cccc(NC(=O)CN2C(=O)COc3ccc(S(=O)(=O)N4CCCCCC4)cc32)c1. The van der Waals surface area contributed by atoms with E-state index in [9.17, 15) is 22.8 Å². The first-order chi connectivity index (χ1) is 16.3. The molecule has 0 bridgehead atoms. The molecule has 9 nitrogen and oxygen atoms in total. The van der Waals surface area contributed by atoms with Crippen molar-refractivity contribution in [2.24, 2.45) is 0 Å². The Morgan fingerprint density at radius 2 is 1.76 bits per heavy atom. The number of fused-ring (bicyclic) bond motifs is 1. The van der Waals surface area contributed by atoms with Gasteiger partial charge in [-0.3, -0.25) is 19.3 Å². The largest absolute Gasteiger partial charge is 0.482 e. The number of hydrogen-bond acceptors (Lipinski definition) is 6. The second-order valence-electron chi connectivity index (χ2n) is 8.40. The predicted molar refractivity (Wildman–Crippen MR) is 127 cm³/mol. The molecule has 0 saturated carbocycles. The van der Waals surface area contributed by atoms with Crippen molar-refractivity contribution >= 4 is 39.0 Å². The molecule has 0 atom stereocenters. The lowest BCUT2D eigenvalue weighted by Crippen LogP contribution is -2.43. The summed E-state index contributed by atoms with van der Waals surface area (Å²) in [6, 6.07) is 10.9. The van der Waals surface area contributed by atoms with E-state index in [-0.39, 0.29) is 29.5 Å². The van der Waals surface area contributed by atoms with Crippen LogP contribution >= 0.6 is 0 Å². The van der Waals surface area contributed by atoms with Crippen LogP contribution in [0, 0.1) is 0 Å². The molecule has 0 unspecified atom stereocenters. The molecule has 1 saturated heterocycles. The maximum absolute atomic E-state index is 13.2. The number of carbonyl (C=O) groups excluding carboxylic acids is 3. The zero-order chi connectivity index (χ0) is 24.3. The van der Waals surface area contributed by atoms with E-state index in [1.807, 2.05) is 0 Å². The van der Waals surface area contributed by atoms with E-state index in [1.165, 1.54) is 34.3 Å². The summed E-state index contributed by atoms with van der Waals surface area (Å²) in [7, 11) is -3.74. The number of rotatable bonds is 6. The van der Waals surface area contributed by atoms with Gasteiger partial charge in [0.15, 0.2) is 12.4 Å². The molecule has 0 radical (unpaired) electrons. The summed E-state index contributed by atoms with van der Waals surface area (Å²) in [5.74, 6) is -0.737. The molecule has 0 aliphatic carbocycles. The smallest absolute Gasteiger partial charge is 0.265 e. The van der Waals surface area contributed by atoms with Gasteiger partial charge in [0.25, 0.3) is 5.91 Å². The molecule has 0 spiro atoms. The molecule has 34 heavy (non-hydrogen) atoms. The number of carbonyl (C=O) groups is 3. The molecular weight excluding hydrogens is 458 g/mol. The summed E-state index contributed by atoms with van der Waals surface area (Å²) in [4.78, 5) is 38.2. The van der Waals surface area contributed by atoms with Crippen molar-refractivity contribution in [2.75, 3.05) is 36.5 Å². The normalized spacial score (nSPS) is 16.9. The standard InChI is InChI=1S/C24H27N3O6S/c1-17(28)18-7-6-8-19(13-18)25-23(29)15-27-21-14-20(9-10-22(21)33-16-24(27)30)34(31,32)26-11-4-2-3-5-12-26/h6-10,13-14H,2-5,11-12,15-16H2,1H3,(H,25,29). The van der Waals surface area contributed by atoms with Crippen LogP contribution < -0.4 is 15.0 Å². The van der Waals surface area contributed by atoms with Gasteiger partial charge in [-0.2, -0.15) is 4.31 Å². The highest BCUT2D eigenvalue weighted by atomic mass is 32.2. The van der Waals surface area contributed by atoms with E-state index < -0.39 is 21.8 Å². The predicted octanol–water partition coefficient (Wildman–Crippen LogP) is 2.82. The molecule has 2 aromatic carbocycles. The van der Waals surface area contributed by atoms with Gasteiger partial charge in [-0.1, -0.05) is 25.0 Å². The van der Waals surface area contributed by atoms with Crippen molar-refractivity contribution < 1.29 is 27.5 Å². The van der Waals surface area contributed by atoms with Crippen LogP contribution in [0.2, 0.25) is 0 Å². The van der Waals surface area contributed by atoms with Crippen molar-refractivity contribution in [1.82, 2.24) is 4.31 Å². The van der Waals surface area contributed by atoms with Crippen LogP contribution in [-0.4, -0.2) is 56.6 Å². The van der Waals surface area contributed by atoms with Gasteiger partial charge in [-0.05, 0) is 50.1 Å². The summed E-state index contributed by atoms with van der Waals surface area (Å²) < 4.78 is 33.4. The van der Waals surface area contributed by atoms with Crippen molar-refractivity contribution in [3.05, 3.63) is 48.0 Å². The lowest BCUT2D eigenvalue weighted by Gasteiger charge is -2.30. The van der Waals surface area contributed by atoms with Gasteiger partial charge in [-0.15, -0.1) is 0 Å². The number of ketones is 1. The van der Waals surface area contributed by atoms with Crippen LogP contribution in [0.3, 0.4) is 0 Å². The molecule has 10 heteroatoms. The molecule has 0 aromatic heterocycles. The highest BCUT2D eigenvalue weighted by molar-refractivity contribution is 7.89. The summed E-state index contributed by atoms with van der Waals surface area (Å²) in [6.07, 6.45) is 3.61. The average molecular weight is 486 g/mol. The lowest BCUT2D eigenvalue weighted by molar-refractivity contribution is -0.123. The average Bonchev–Trinajstić information content (AvgIpc) is 3.11. The second kappa shape index (κ2) is 9.94. The third-order valence-corrected chi connectivity index (χ3v) is 7.83. The Labute approximate surface area is 198 Å². The van der Waals surface area contributed by atoms with Gasteiger partial charge in [0.2, 0.25) is 15.9 Å². The Balaban J connectivity index is 1.57. The summed E-state index contributed by atoms with van der Waals surface area (Å²) in [5, 5.41) is 2.69. The first-order valence-electron chi connectivity index (χ1n) is 11.2. The van der Waals surface area contributed by atoms with Gasteiger partial charge < -0.3 is 10.1 Å². The highest BCUT2D eigenvalue weighted by Crippen LogP contribution is 2.35. The number of nitrogens with zero attached hydrogens (tertiary/aromatic N) is 2. The molecular formula is C24H27N3O6S. The molecule has 2 aliphatic heterocycles. The van der Waals surface area contributed by atoms with E-state index in [4.69, 9.17) is 4.74 Å². The first-order valence-corrected chi connectivity index (χ1v) is 12.7. The van der Waals surface area contributed by atoms with Crippen LogP contribution in [0.5, 0.6) is 5.75 Å². The summed E-state index contributed by atoms with van der Waals surface area (Å²) >= 11 is 0. The Kier molecular flexibility index (Phi) is 6.99. The van der Waals surface area contributed by atoms with E-state index >= 15 is 0 Å². The van der Waals surface area contributed by atoms with Gasteiger partial charge >= 0.3 is 0 Å². The zero-order valence-electron chi connectivity index (χ0n) is 19.0. The molecule has 4 rings (SSSR count). The summed E-state index contributed by atoms with van der Waals surface area (Å²) in [6.45, 7) is 1.77. The number of benzene rings is 2. The van der Waals surface area contributed by atoms with E-state index in [1.54, 1.807) is 24.3 Å². The van der Waals surface area contributed by atoms with Crippen LogP contribution in [0.15, 0.2) is 47.4 Å². The van der Waals surface area contributed by atoms with Gasteiger partial charge in [0, 0.05) is 24.3 Å². The number of nitrogens with one attached hydrogen (secondary N) is 1. The van der Waals surface area contributed by atoms with E-state index in [0.29, 0.717) is 30.1 Å². The number of amides is 2. The van der Waals surface area contributed by atoms with Crippen LogP contribution in [0.25, 0.3) is 0 Å². The molecule has 2 amide bonds. The third-order valence-electron chi connectivity index (χ3n) is 5.93. The van der Waals surface area contributed by atoms with Crippen molar-refractivity contribution in [1.29, 1.82) is 0 Å². The molecule has 1 N–H and O–H groups in total. The fourth-order valence-corrected chi connectivity index (χ4v) is 5.64. The Morgan fingerprint density at radius 3 is 2.47 bits per heavy atom. The van der Waals surface area contributed by atoms with Crippen LogP contribution in [0.1, 0.15) is 43.0 Å². The van der Waals surface area contributed by atoms with Gasteiger partial charge in [0.05, 0.1) is 10.6 Å². The van der Waals surface area contributed by atoms with Crippen molar-refractivity contribution in [3.8, 4) is 5.75 Å². The minimum Gasteiger partial charge on any atom is -0.482 e. The first kappa shape index (κ1) is 23.9. The lowest BCUT2D eigenvalue weighted by atomic mass is 10.1. The van der Waals surface area contributed by atoms with Crippen LogP contribution in [-0.2, 0) is 19.6 Å². The minimum atomic E-state index is -3.74. The van der Waals surface area contributed by atoms with Crippen molar-refractivity contribution in [3.63, 3.8) is 0 Å². The molecule has 2 aliphatic rings. The maximum atomic E-state index is 13.2. The number of Topliss-reactive ketones (excluding diaryl/α,β-unsaturated/α-hetero) is 1. The molecule has 180 valence electrons. The van der Waals surface area contributed by atoms with Gasteiger partial charge in [0.1, 0.15) is 12.3 Å². The second-order valence-corrected chi connectivity index (χ2v) is 10.3. The molecule has 2 aromatic rings. The zero-order valence-corrected chi connectivity index (χ0v) is 19.8. The number of ether oxygens (including phenoxy) is 1. The fourth-order valence-electron chi connectivity index (χ4n) is 4.11. The fraction of sp³-hybridized carbons (Fsp3) is 0.375. The van der Waals surface area contributed by atoms with Crippen molar-refractivity contribution in [2.45, 2.75) is 37.5 Å². The number of hydrogen-bond donors (Lipinski definition) is 1. The Morgan fingerprint density at radius 1 is 1.03 bits per heavy atom. The third kappa shape index (κ3) is 5.13. The van der Waals surface area contributed by atoms with Gasteiger partial charge in [-0.25, -0.2) is 8.42 Å². The Bertz CT molecular complexity index is 1220.